The third-order valence-corrected chi connectivity index (χ3v) is 4.70. The van der Waals surface area contributed by atoms with E-state index < -0.39 is 0 Å². The van der Waals surface area contributed by atoms with Gasteiger partial charge in [-0.05, 0) is 57.9 Å². The molecule has 2 heteroatoms. The van der Waals surface area contributed by atoms with Gasteiger partial charge in [-0.15, -0.1) is 0 Å². The number of nitrogens with zero attached hydrogens (tertiary/aromatic N) is 1. The summed E-state index contributed by atoms with van der Waals surface area (Å²) in [6.07, 6.45) is 5.69. The highest BCUT2D eigenvalue weighted by Crippen LogP contribution is 2.36. The number of hydrogen-bond donors (Lipinski definition) is 1. The van der Waals surface area contributed by atoms with Gasteiger partial charge in [-0.2, -0.15) is 0 Å². The van der Waals surface area contributed by atoms with Gasteiger partial charge in [0.05, 0.1) is 0 Å². The zero-order valence-electron chi connectivity index (χ0n) is 12.1. The molecule has 1 aliphatic carbocycles. The topological polar surface area (TPSA) is 15.3 Å². The van der Waals surface area contributed by atoms with Crippen molar-refractivity contribution in [2.24, 2.45) is 11.8 Å². The van der Waals surface area contributed by atoms with Crippen LogP contribution >= 0.6 is 0 Å². The van der Waals surface area contributed by atoms with Gasteiger partial charge in [-0.25, -0.2) is 0 Å². The zero-order chi connectivity index (χ0) is 12.4. The molecule has 1 saturated carbocycles. The summed E-state index contributed by atoms with van der Waals surface area (Å²) in [5, 5.41) is 3.74. The van der Waals surface area contributed by atoms with Crippen molar-refractivity contribution in [3.05, 3.63) is 0 Å². The summed E-state index contributed by atoms with van der Waals surface area (Å²) >= 11 is 0. The van der Waals surface area contributed by atoms with Gasteiger partial charge in [-0.1, -0.05) is 13.8 Å². The summed E-state index contributed by atoms with van der Waals surface area (Å²) in [5.74, 6) is 1.98. The van der Waals surface area contributed by atoms with E-state index in [-0.39, 0.29) is 0 Å². The van der Waals surface area contributed by atoms with Crippen molar-refractivity contribution < 1.29 is 0 Å². The van der Waals surface area contributed by atoms with E-state index >= 15 is 0 Å². The second-order valence-electron chi connectivity index (χ2n) is 6.73. The summed E-state index contributed by atoms with van der Waals surface area (Å²) in [6, 6.07) is 2.18. The van der Waals surface area contributed by atoms with E-state index in [2.05, 4.69) is 37.9 Å². The first-order valence-electron chi connectivity index (χ1n) is 7.56. The lowest BCUT2D eigenvalue weighted by Crippen LogP contribution is -2.49. The van der Waals surface area contributed by atoms with Crippen molar-refractivity contribution in [3.8, 4) is 0 Å². The minimum absolute atomic E-state index is 0.646. The summed E-state index contributed by atoms with van der Waals surface area (Å²) in [6.45, 7) is 11.9. The first-order valence-corrected chi connectivity index (χ1v) is 7.56. The molecule has 0 aromatic rings. The number of rotatable bonds is 3. The number of likely N-dealkylation sites (tertiary alicyclic amines) is 1. The minimum atomic E-state index is 0.646. The lowest BCUT2D eigenvalue weighted by Gasteiger charge is -2.45. The van der Waals surface area contributed by atoms with Gasteiger partial charge >= 0.3 is 0 Å². The van der Waals surface area contributed by atoms with Gasteiger partial charge < -0.3 is 10.2 Å². The smallest absolute Gasteiger partial charge is 0.00722 e. The molecule has 0 spiro atoms. The van der Waals surface area contributed by atoms with Crippen LogP contribution in [0.4, 0.5) is 0 Å². The summed E-state index contributed by atoms with van der Waals surface area (Å²) in [7, 11) is 0. The van der Waals surface area contributed by atoms with Crippen LogP contribution in [0.25, 0.3) is 0 Å². The molecule has 3 atom stereocenters. The van der Waals surface area contributed by atoms with Crippen LogP contribution in [0, 0.1) is 11.8 Å². The minimum Gasteiger partial charge on any atom is -0.312 e. The molecule has 2 fully saturated rings. The molecule has 2 nitrogen and oxygen atoms in total. The van der Waals surface area contributed by atoms with Gasteiger partial charge in [0, 0.05) is 24.7 Å². The molecule has 0 amide bonds. The fraction of sp³-hybridized carbons (Fsp3) is 1.00. The molecule has 0 aromatic carbocycles. The van der Waals surface area contributed by atoms with E-state index in [1.165, 1.54) is 38.8 Å². The van der Waals surface area contributed by atoms with Crippen LogP contribution in [0.1, 0.15) is 53.4 Å². The normalized spacial score (nSPS) is 35.3. The molecule has 17 heavy (non-hydrogen) atoms. The van der Waals surface area contributed by atoms with Crippen LogP contribution in [0.2, 0.25) is 0 Å². The third kappa shape index (κ3) is 3.45. The number of hydrogen-bond acceptors (Lipinski definition) is 2. The summed E-state index contributed by atoms with van der Waals surface area (Å²) < 4.78 is 0. The Morgan fingerprint density at radius 2 is 1.76 bits per heavy atom. The van der Waals surface area contributed by atoms with Gasteiger partial charge in [0.2, 0.25) is 0 Å². The van der Waals surface area contributed by atoms with E-state index in [1.807, 2.05) is 0 Å². The molecule has 1 N–H and O–H groups in total. The summed E-state index contributed by atoms with van der Waals surface area (Å²) in [4.78, 5) is 2.68. The Bertz CT molecular complexity index is 237. The lowest BCUT2D eigenvalue weighted by atomic mass is 9.73. The largest absolute Gasteiger partial charge is 0.312 e. The predicted octanol–water partition coefficient (Wildman–Crippen LogP) is 2.88. The maximum absolute atomic E-state index is 3.74. The highest BCUT2D eigenvalue weighted by atomic mass is 15.2. The van der Waals surface area contributed by atoms with E-state index in [0.29, 0.717) is 6.04 Å². The molecule has 2 rings (SSSR count). The Morgan fingerprint density at radius 1 is 1.00 bits per heavy atom. The summed E-state index contributed by atoms with van der Waals surface area (Å²) in [5.41, 5.74) is 0. The first kappa shape index (κ1) is 13.4. The second kappa shape index (κ2) is 5.71. The number of piperidine rings is 1. The lowest BCUT2D eigenvalue weighted by molar-refractivity contribution is 0.0553. The van der Waals surface area contributed by atoms with Crippen LogP contribution in [0.15, 0.2) is 0 Å². The maximum atomic E-state index is 3.74. The van der Waals surface area contributed by atoms with Crippen molar-refractivity contribution in [1.29, 1.82) is 0 Å². The predicted molar refractivity (Wildman–Crippen MR) is 74.2 cm³/mol. The third-order valence-electron chi connectivity index (χ3n) is 4.70. The van der Waals surface area contributed by atoms with Gasteiger partial charge in [0.25, 0.3) is 0 Å². The Kier molecular flexibility index (Phi) is 4.48. The van der Waals surface area contributed by atoms with Gasteiger partial charge in [-0.3, -0.25) is 0 Å². The molecule has 0 aromatic heterocycles. The van der Waals surface area contributed by atoms with E-state index in [9.17, 15) is 0 Å². The monoisotopic (exact) mass is 238 g/mol. The molecule has 1 heterocycles. The van der Waals surface area contributed by atoms with Crippen molar-refractivity contribution in [1.82, 2.24) is 10.2 Å². The van der Waals surface area contributed by atoms with Crippen molar-refractivity contribution >= 4 is 0 Å². The van der Waals surface area contributed by atoms with Crippen LogP contribution < -0.4 is 5.32 Å². The fourth-order valence-corrected chi connectivity index (χ4v) is 3.74. The molecule has 3 unspecified atom stereocenters. The molecule has 0 radical (unpaired) electrons. The van der Waals surface area contributed by atoms with E-state index in [1.54, 1.807) is 0 Å². The molecule has 0 bridgehead atoms. The Hall–Kier alpha value is -0.0800. The molecular formula is C15H30N2. The van der Waals surface area contributed by atoms with Crippen molar-refractivity contribution in [2.45, 2.75) is 71.5 Å². The van der Waals surface area contributed by atoms with Crippen molar-refractivity contribution in [3.63, 3.8) is 0 Å². The van der Waals surface area contributed by atoms with Crippen LogP contribution in [0.3, 0.4) is 0 Å². The van der Waals surface area contributed by atoms with Crippen LogP contribution in [-0.4, -0.2) is 36.1 Å². The average molecular weight is 238 g/mol. The highest BCUT2D eigenvalue weighted by Gasteiger charge is 2.35. The molecule has 1 aliphatic heterocycles. The van der Waals surface area contributed by atoms with Crippen LogP contribution in [0.5, 0.6) is 0 Å². The Morgan fingerprint density at radius 3 is 2.41 bits per heavy atom. The molecular weight excluding hydrogens is 208 g/mol. The first-order chi connectivity index (χ1) is 8.06. The molecule has 1 saturated heterocycles. The number of fused-ring (bicyclic) bond motifs is 1. The maximum Gasteiger partial charge on any atom is 0.00722 e. The quantitative estimate of drug-likeness (QED) is 0.813. The molecule has 100 valence electrons. The van der Waals surface area contributed by atoms with Crippen molar-refractivity contribution in [2.75, 3.05) is 13.1 Å². The molecule has 2 aliphatic rings. The Balaban J connectivity index is 1.84. The standard InChI is InChI=1S/C15H30N2/c1-11(2)16-15-6-5-14-10-17(12(3)4)8-7-13(14)9-15/h11-16H,5-10H2,1-4H3. The second-order valence-corrected chi connectivity index (χ2v) is 6.73. The number of nitrogens with one attached hydrogen (secondary N) is 1. The average Bonchev–Trinajstić information content (AvgIpc) is 2.27. The Labute approximate surface area is 107 Å². The van der Waals surface area contributed by atoms with Crippen LogP contribution in [-0.2, 0) is 0 Å². The zero-order valence-corrected chi connectivity index (χ0v) is 12.1. The fourth-order valence-electron chi connectivity index (χ4n) is 3.74. The van der Waals surface area contributed by atoms with Gasteiger partial charge in [0.15, 0.2) is 0 Å². The van der Waals surface area contributed by atoms with Gasteiger partial charge in [0.1, 0.15) is 0 Å². The van der Waals surface area contributed by atoms with E-state index in [4.69, 9.17) is 0 Å². The highest BCUT2D eigenvalue weighted by molar-refractivity contribution is 4.89. The SMILES string of the molecule is CC(C)NC1CCC2CN(C(C)C)CCC2C1. The van der Waals surface area contributed by atoms with E-state index in [0.717, 1.165) is 23.9 Å².